The van der Waals surface area contributed by atoms with Crippen molar-refractivity contribution < 1.29 is 14.6 Å². The van der Waals surface area contributed by atoms with Gasteiger partial charge in [0.25, 0.3) is 0 Å². The second-order valence-electron chi connectivity index (χ2n) is 5.01. The van der Waals surface area contributed by atoms with Crippen LogP contribution >= 0.6 is 0 Å². The number of aromatic hydroxyl groups is 1. The lowest BCUT2D eigenvalue weighted by Gasteiger charge is -2.13. The Kier molecular flexibility index (Phi) is 5.72. The molecular formula is C17H20FNO2. The predicted molar refractivity (Wildman–Crippen MR) is 80.7 cm³/mol. The van der Waals surface area contributed by atoms with Crippen molar-refractivity contribution in [2.45, 2.75) is 18.9 Å². The zero-order valence-corrected chi connectivity index (χ0v) is 11.8. The molecule has 0 spiro atoms. The number of aliphatic hydroxyl groups excluding tert-OH is 1. The molecule has 2 rings (SSSR count). The first-order valence-electron chi connectivity index (χ1n) is 7.08. The summed E-state index contributed by atoms with van der Waals surface area (Å²) < 4.78 is 13.5. The topological polar surface area (TPSA) is 52.5 Å². The van der Waals surface area contributed by atoms with Crippen LogP contribution in [-0.2, 0) is 6.42 Å². The van der Waals surface area contributed by atoms with E-state index in [9.17, 15) is 14.6 Å². The molecule has 3 nitrogen and oxygen atoms in total. The molecule has 2 aromatic carbocycles. The Morgan fingerprint density at radius 3 is 2.48 bits per heavy atom. The smallest absolute Gasteiger partial charge is 0.129 e. The molecule has 0 bridgehead atoms. The van der Waals surface area contributed by atoms with Gasteiger partial charge in [0.2, 0.25) is 0 Å². The molecule has 4 heteroatoms. The molecule has 0 fully saturated rings. The van der Waals surface area contributed by atoms with Crippen molar-refractivity contribution in [1.82, 2.24) is 5.32 Å². The molecule has 0 aliphatic carbocycles. The van der Waals surface area contributed by atoms with Gasteiger partial charge in [-0.3, -0.25) is 0 Å². The molecule has 0 aromatic heterocycles. The first kappa shape index (κ1) is 15.5. The van der Waals surface area contributed by atoms with Crippen LogP contribution in [0.25, 0.3) is 0 Å². The van der Waals surface area contributed by atoms with Crippen LogP contribution in [0.4, 0.5) is 4.39 Å². The first-order chi connectivity index (χ1) is 10.2. The lowest BCUT2D eigenvalue weighted by molar-refractivity contribution is 0.170. The number of rotatable bonds is 7. The molecule has 0 aliphatic heterocycles. The zero-order chi connectivity index (χ0) is 15.1. The van der Waals surface area contributed by atoms with Gasteiger partial charge < -0.3 is 15.5 Å². The van der Waals surface area contributed by atoms with E-state index < -0.39 is 6.10 Å². The highest BCUT2D eigenvalue weighted by Gasteiger charge is 2.11. The van der Waals surface area contributed by atoms with Gasteiger partial charge in [0.05, 0.1) is 6.10 Å². The van der Waals surface area contributed by atoms with Crippen molar-refractivity contribution in [3.8, 4) is 5.75 Å². The third-order valence-electron chi connectivity index (χ3n) is 3.36. The molecule has 0 saturated carbocycles. The van der Waals surface area contributed by atoms with E-state index in [0.29, 0.717) is 12.1 Å². The maximum absolute atomic E-state index is 13.5. The van der Waals surface area contributed by atoms with E-state index in [1.54, 1.807) is 30.3 Å². The molecule has 2 aromatic rings. The second kappa shape index (κ2) is 7.76. The first-order valence-corrected chi connectivity index (χ1v) is 7.08. The van der Waals surface area contributed by atoms with Crippen molar-refractivity contribution in [2.24, 2.45) is 0 Å². The van der Waals surface area contributed by atoms with E-state index in [0.717, 1.165) is 24.9 Å². The van der Waals surface area contributed by atoms with Gasteiger partial charge in [-0.2, -0.15) is 0 Å². The molecule has 21 heavy (non-hydrogen) atoms. The lowest BCUT2D eigenvalue weighted by Crippen LogP contribution is -2.23. The molecule has 0 amide bonds. The molecule has 0 saturated heterocycles. The number of phenolic OH excluding ortho intramolecular Hbond substituents is 1. The standard InChI is InChI=1S/C17H20FNO2/c18-16-6-2-1-5-15(16)17(21)12-19-11-3-4-13-7-9-14(20)10-8-13/h1-2,5-10,17,19-21H,3-4,11-12H2. The third kappa shape index (κ3) is 4.85. The van der Waals surface area contributed by atoms with Gasteiger partial charge in [-0.15, -0.1) is 0 Å². The summed E-state index contributed by atoms with van der Waals surface area (Å²) in [5, 5.41) is 22.2. The van der Waals surface area contributed by atoms with Gasteiger partial charge in [0.1, 0.15) is 11.6 Å². The molecule has 1 atom stereocenters. The summed E-state index contributed by atoms with van der Waals surface area (Å²) in [6.45, 7) is 1.07. The maximum Gasteiger partial charge on any atom is 0.129 e. The normalized spacial score (nSPS) is 12.3. The fourth-order valence-electron chi connectivity index (χ4n) is 2.17. The van der Waals surface area contributed by atoms with Crippen LogP contribution in [0.5, 0.6) is 5.75 Å². The molecule has 3 N–H and O–H groups in total. The van der Waals surface area contributed by atoms with Gasteiger partial charge in [-0.1, -0.05) is 30.3 Å². The number of aliphatic hydroxyl groups is 1. The molecule has 0 aliphatic rings. The maximum atomic E-state index is 13.5. The minimum Gasteiger partial charge on any atom is -0.508 e. The summed E-state index contributed by atoms with van der Waals surface area (Å²) in [5.74, 6) is -0.110. The van der Waals surface area contributed by atoms with E-state index >= 15 is 0 Å². The number of hydrogen-bond acceptors (Lipinski definition) is 3. The van der Waals surface area contributed by atoms with Crippen LogP contribution in [0, 0.1) is 5.82 Å². The molecule has 112 valence electrons. The number of aryl methyl sites for hydroxylation is 1. The predicted octanol–water partition coefficient (Wildman–Crippen LogP) is 2.79. The van der Waals surface area contributed by atoms with Gasteiger partial charge in [0, 0.05) is 12.1 Å². The van der Waals surface area contributed by atoms with Gasteiger partial charge >= 0.3 is 0 Å². The van der Waals surface area contributed by atoms with Crippen LogP contribution in [0.2, 0.25) is 0 Å². The Balaban J connectivity index is 1.68. The van der Waals surface area contributed by atoms with E-state index in [1.807, 2.05) is 12.1 Å². The largest absolute Gasteiger partial charge is 0.508 e. The zero-order valence-electron chi connectivity index (χ0n) is 11.8. The van der Waals surface area contributed by atoms with E-state index in [2.05, 4.69) is 5.32 Å². The van der Waals surface area contributed by atoms with E-state index in [-0.39, 0.29) is 11.6 Å². The molecule has 0 heterocycles. The molecule has 0 radical (unpaired) electrons. The minimum absolute atomic E-state index is 0.268. The van der Waals surface area contributed by atoms with Crippen molar-refractivity contribution in [2.75, 3.05) is 13.1 Å². The Morgan fingerprint density at radius 2 is 1.76 bits per heavy atom. The fourth-order valence-corrected chi connectivity index (χ4v) is 2.17. The highest BCUT2D eigenvalue weighted by molar-refractivity contribution is 5.25. The monoisotopic (exact) mass is 289 g/mol. The Morgan fingerprint density at radius 1 is 1.05 bits per heavy atom. The summed E-state index contributed by atoms with van der Waals surface area (Å²) in [4.78, 5) is 0. The van der Waals surface area contributed by atoms with Crippen LogP contribution in [0.3, 0.4) is 0 Å². The van der Waals surface area contributed by atoms with Crippen LogP contribution in [-0.4, -0.2) is 23.3 Å². The Labute approximate surface area is 124 Å². The van der Waals surface area contributed by atoms with Gasteiger partial charge in [0.15, 0.2) is 0 Å². The van der Waals surface area contributed by atoms with Crippen molar-refractivity contribution in [1.29, 1.82) is 0 Å². The van der Waals surface area contributed by atoms with Crippen molar-refractivity contribution in [3.05, 3.63) is 65.5 Å². The van der Waals surface area contributed by atoms with Crippen LogP contribution in [0.1, 0.15) is 23.7 Å². The number of halogens is 1. The highest BCUT2D eigenvalue weighted by atomic mass is 19.1. The fraction of sp³-hybridized carbons (Fsp3) is 0.294. The summed E-state index contributed by atoms with van der Waals surface area (Å²) in [6.07, 6.45) is 0.970. The summed E-state index contributed by atoms with van der Waals surface area (Å²) in [7, 11) is 0. The van der Waals surface area contributed by atoms with Crippen molar-refractivity contribution >= 4 is 0 Å². The summed E-state index contributed by atoms with van der Waals surface area (Å²) in [6, 6.07) is 13.4. The minimum atomic E-state index is -0.833. The van der Waals surface area contributed by atoms with Crippen LogP contribution < -0.4 is 5.32 Å². The quantitative estimate of drug-likeness (QED) is 0.687. The van der Waals surface area contributed by atoms with E-state index in [4.69, 9.17) is 0 Å². The Hall–Kier alpha value is -1.91. The average Bonchev–Trinajstić information content (AvgIpc) is 2.49. The van der Waals surface area contributed by atoms with Gasteiger partial charge in [-0.25, -0.2) is 4.39 Å². The Bertz CT molecular complexity index is 557. The SMILES string of the molecule is Oc1ccc(CCCNCC(O)c2ccccc2F)cc1. The average molecular weight is 289 g/mol. The molecule has 1 unspecified atom stereocenters. The summed E-state index contributed by atoms with van der Waals surface area (Å²) >= 11 is 0. The van der Waals surface area contributed by atoms with Crippen molar-refractivity contribution in [3.63, 3.8) is 0 Å². The highest BCUT2D eigenvalue weighted by Crippen LogP contribution is 2.15. The number of benzene rings is 2. The number of hydrogen-bond donors (Lipinski definition) is 3. The van der Waals surface area contributed by atoms with Gasteiger partial charge in [-0.05, 0) is 43.1 Å². The lowest BCUT2D eigenvalue weighted by atomic mass is 10.1. The second-order valence-corrected chi connectivity index (χ2v) is 5.01. The summed E-state index contributed by atoms with van der Waals surface area (Å²) in [5.41, 5.74) is 1.48. The van der Waals surface area contributed by atoms with E-state index in [1.165, 1.54) is 6.07 Å². The third-order valence-corrected chi connectivity index (χ3v) is 3.36. The number of nitrogens with one attached hydrogen (secondary N) is 1. The molecular weight excluding hydrogens is 269 g/mol. The van der Waals surface area contributed by atoms with Crippen LogP contribution in [0.15, 0.2) is 48.5 Å². The number of phenols is 1.